The highest BCUT2D eigenvalue weighted by Gasteiger charge is 2.20. The van der Waals surface area contributed by atoms with E-state index in [2.05, 4.69) is 35.7 Å². The zero-order valence-corrected chi connectivity index (χ0v) is 10.7. The van der Waals surface area contributed by atoms with Gasteiger partial charge in [0, 0.05) is 18.9 Å². The zero-order chi connectivity index (χ0) is 14.0. The highest BCUT2D eigenvalue weighted by Crippen LogP contribution is 2.08. The molecule has 0 amide bonds. The molecular weight excluding hydrogens is 247 g/mol. The number of unbranched alkanes of at least 4 members (excludes halogenated alkanes) is 3. The summed E-state index contributed by atoms with van der Waals surface area (Å²) in [5.74, 6) is 0. The summed E-state index contributed by atoms with van der Waals surface area (Å²) in [7, 11) is -6.00. The summed E-state index contributed by atoms with van der Waals surface area (Å²) in [4.78, 5) is 4.43. The Kier molecular flexibility index (Phi) is 8.32. The Morgan fingerprint density at radius 2 is 1.78 bits per heavy atom. The molecule has 0 saturated carbocycles. The van der Waals surface area contributed by atoms with Crippen LogP contribution in [0.3, 0.4) is 0 Å². The van der Waals surface area contributed by atoms with Gasteiger partial charge in [0.25, 0.3) is 0 Å². The van der Waals surface area contributed by atoms with Crippen molar-refractivity contribution in [2.75, 3.05) is 13.2 Å². The first-order valence-electron chi connectivity index (χ1n) is 6.04. The number of rotatable bonds is 6. The third kappa shape index (κ3) is 11.4. The van der Waals surface area contributed by atoms with E-state index in [-0.39, 0.29) is 0 Å². The molecule has 7 heteroatoms. The molecule has 1 heterocycles. The first-order valence-corrected chi connectivity index (χ1v) is 6.04. The highest BCUT2D eigenvalue weighted by molar-refractivity contribution is 6.50. The lowest BCUT2D eigenvalue weighted by Gasteiger charge is -2.17. The molecule has 0 N–H and O–H groups in total. The van der Waals surface area contributed by atoms with E-state index in [1.165, 1.54) is 32.2 Å². The maximum Gasteiger partial charge on any atom is 0.673 e. The van der Waals surface area contributed by atoms with Gasteiger partial charge in [-0.15, -0.1) is 0 Å². The molecular formula is C11H20BF4N2-. The molecule has 0 bridgehead atoms. The summed E-state index contributed by atoms with van der Waals surface area (Å²) in [6, 6.07) is 0. The van der Waals surface area contributed by atoms with Gasteiger partial charge in [-0.1, -0.05) is 32.8 Å². The summed E-state index contributed by atoms with van der Waals surface area (Å²) in [6.45, 7) is 8.14. The first-order chi connectivity index (χ1) is 8.36. The maximum absolute atomic E-state index is 9.75. The lowest BCUT2D eigenvalue weighted by molar-refractivity contribution is 0.308. The zero-order valence-electron chi connectivity index (χ0n) is 10.7. The molecule has 0 unspecified atom stereocenters. The van der Waals surface area contributed by atoms with E-state index in [1.54, 1.807) is 0 Å². The second-order valence-corrected chi connectivity index (χ2v) is 4.00. The second kappa shape index (κ2) is 8.88. The molecule has 1 rings (SSSR count). The number of nitrogens with zero attached hydrogens (tertiary/aromatic N) is 2. The van der Waals surface area contributed by atoms with Crippen LogP contribution in [0.15, 0.2) is 25.2 Å². The molecule has 0 atom stereocenters. The van der Waals surface area contributed by atoms with Gasteiger partial charge in [-0.2, -0.15) is 0 Å². The van der Waals surface area contributed by atoms with Crippen LogP contribution in [0.2, 0.25) is 0 Å². The molecule has 0 radical (unpaired) electrons. The Labute approximate surface area is 106 Å². The average Bonchev–Trinajstić information content (AvgIpc) is 2.70. The van der Waals surface area contributed by atoms with Gasteiger partial charge < -0.3 is 27.1 Å². The van der Waals surface area contributed by atoms with Gasteiger partial charge in [0.15, 0.2) is 0 Å². The third-order valence-electron chi connectivity index (χ3n) is 2.35. The fraction of sp³-hybridized carbons (Fsp3) is 0.636. The van der Waals surface area contributed by atoms with Crippen molar-refractivity contribution in [3.8, 4) is 0 Å². The Bertz CT molecular complexity index is 250. The van der Waals surface area contributed by atoms with Crippen LogP contribution in [-0.2, 0) is 0 Å². The Hall–Kier alpha value is -1.14. The predicted molar refractivity (Wildman–Crippen MR) is 67.1 cm³/mol. The molecule has 0 spiro atoms. The van der Waals surface area contributed by atoms with Crippen molar-refractivity contribution >= 4 is 7.25 Å². The molecule has 0 aliphatic carbocycles. The number of halogens is 4. The lowest BCUT2D eigenvalue weighted by Crippen LogP contribution is -2.22. The fourth-order valence-corrected chi connectivity index (χ4v) is 1.49. The minimum absolute atomic E-state index is 0.982. The normalized spacial score (nSPS) is 14.5. The molecule has 0 aromatic rings. The number of hydrogen-bond acceptors (Lipinski definition) is 2. The maximum atomic E-state index is 9.75. The van der Waals surface area contributed by atoms with E-state index in [4.69, 9.17) is 0 Å². The van der Waals surface area contributed by atoms with Crippen molar-refractivity contribution in [2.24, 2.45) is 0 Å². The van der Waals surface area contributed by atoms with E-state index in [9.17, 15) is 17.3 Å². The quantitative estimate of drug-likeness (QED) is 0.407. The van der Waals surface area contributed by atoms with E-state index < -0.39 is 7.25 Å². The van der Waals surface area contributed by atoms with Gasteiger partial charge in [0.05, 0.1) is 6.67 Å². The van der Waals surface area contributed by atoms with Crippen LogP contribution < -0.4 is 0 Å². The topological polar surface area (TPSA) is 6.48 Å². The standard InChI is InChI=1S/C11H20N2.BF4/c1-3-5-6-7-8-13-10-9-12(4-2)11-13;2-1(3,4)5/h4,9-10H,2-3,5-8,11H2,1H3;/q;-1. The Morgan fingerprint density at radius 1 is 1.17 bits per heavy atom. The fourth-order valence-electron chi connectivity index (χ4n) is 1.49. The predicted octanol–water partition coefficient (Wildman–Crippen LogP) is 4.06. The molecule has 0 fully saturated rings. The van der Waals surface area contributed by atoms with Gasteiger partial charge in [0.2, 0.25) is 0 Å². The van der Waals surface area contributed by atoms with Gasteiger partial charge in [-0.05, 0) is 12.6 Å². The largest absolute Gasteiger partial charge is 0.673 e. The molecule has 0 aromatic carbocycles. The van der Waals surface area contributed by atoms with Crippen LogP contribution in [0.1, 0.15) is 32.6 Å². The van der Waals surface area contributed by atoms with Crippen molar-refractivity contribution < 1.29 is 17.3 Å². The summed E-state index contributed by atoms with van der Waals surface area (Å²) >= 11 is 0. The monoisotopic (exact) mass is 267 g/mol. The molecule has 18 heavy (non-hydrogen) atoms. The third-order valence-corrected chi connectivity index (χ3v) is 2.35. The van der Waals surface area contributed by atoms with Crippen LogP contribution in [0.4, 0.5) is 17.3 Å². The summed E-state index contributed by atoms with van der Waals surface area (Å²) < 4.78 is 39.0. The van der Waals surface area contributed by atoms with E-state index in [0.29, 0.717) is 0 Å². The first kappa shape index (κ1) is 16.9. The smallest absolute Gasteiger partial charge is 0.418 e. The SMILES string of the molecule is C=CN1C=CN(CCCCCC)C1.F[B-](F)(F)F. The second-order valence-electron chi connectivity index (χ2n) is 4.00. The molecule has 0 saturated heterocycles. The van der Waals surface area contributed by atoms with Gasteiger partial charge in [-0.3, -0.25) is 0 Å². The molecule has 0 aromatic heterocycles. The van der Waals surface area contributed by atoms with Crippen molar-refractivity contribution in [3.63, 3.8) is 0 Å². The summed E-state index contributed by atoms with van der Waals surface area (Å²) in [6.07, 6.45) is 11.4. The molecule has 2 nitrogen and oxygen atoms in total. The number of hydrogen-bond donors (Lipinski definition) is 0. The van der Waals surface area contributed by atoms with Crippen LogP contribution in [0.25, 0.3) is 0 Å². The summed E-state index contributed by atoms with van der Waals surface area (Å²) in [5.41, 5.74) is 0. The van der Waals surface area contributed by atoms with Crippen molar-refractivity contribution in [2.45, 2.75) is 32.6 Å². The summed E-state index contributed by atoms with van der Waals surface area (Å²) in [5, 5.41) is 0. The Morgan fingerprint density at radius 3 is 2.22 bits per heavy atom. The average molecular weight is 267 g/mol. The van der Waals surface area contributed by atoms with Crippen molar-refractivity contribution in [1.82, 2.24) is 9.80 Å². The minimum Gasteiger partial charge on any atom is -0.418 e. The van der Waals surface area contributed by atoms with Gasteiger partial charge in [-0.25, -0.2) is 0 Å². The van der Waals surface area contributed by atoms with Gasteiger partial charge in [0.1, 0.15) is 0 Å². The Balaban J connectivity index is 0.000000494. The van der Waals surface area contributed by atoms with Gasteiger partial charge >= 0.3 is 7.25 Å². The lowest BCUT2D eigenvalue weighted by atomic mass is 10.2. The minimum atomic E-state index is -6.00. The van der Waals surface area contributed by atoms with E-state index in [0.717, 1.165) is 6.67 Å². The van der Waals surface area contributed by atoms with Crippen LogP contribution >= 0.6 is 0 Å². The van der Waals surface area contributed by atoms with Crippen molar-refractivity contribution in [1.29, 1.82) is 0 Å². The highest BCUT2D eigenvalue weighted by atomic mass is 19.5. The molecule has 1 aliphatic heterocycles. The van der Waals surface area contributed by atoms with Crippen LogP contribution in [0.5, 0.6) is 0 Å². The van der Waals surface area contributed by atoms with Crippen molar-refractivity contribution in [3.05, 3.63) is 25.2 Å². The van der Waals surface area contributed by atoms with E-state index in [1.807, 2.05) is 6.20 Å². The van der Waals surface area contributed by atoms with E-state index >= 15 is 0 Å². The molecule has 106 valence electrons. The van der Waals surface area contributed by atoms with Crippen LogP contribution in [0, 0.1) is 0 Å². The van der Waals surface area contributed by atoms with Crippen LogP contribution in [-0.4, -0.2) is 30.3 Å². The molecule has 1 aliphatic rings.